The number of ether oxygens (including phenoxy) is 1. The molecule has 0 saturated heterocycles. The Balaban J connectivity index is 2.06. The van der Waals surface area contributed by atoms with Crippen LogP contribution in [0.1, 0.15) is 13.3 Å². The van der Waals surface area contributed by atoms with Gasteiger partial charge in [-0.3, -0.25) is 9.10 Å². The second-order valence-electron chi connectivity index (χ2n) is 5.95. The summed E-state index contributed by atoms with van der Waals surface area (Å²) in [7, 11) is -4.11. The van der Waals surface area contributed by atoms with Crippen LogP contribution >= 0.6 is 23.2 Å². The van der Waals surface area contributed by atoms with Crippen molar-refractivity contribution in [1.82, 2.24) is 5.32 Å². The number of hydrogen-bond donors (Lipinski definition) is 1. The molecular formula is C18H18Cl2N2O4S. The van der Waals surface area contributed by atoms with E-state index in [9.17, 15) is 13.2 Å². The fraction of sp³-hybridized carbons (Fsp3) is 0.278. The summed E-state index contributed by atoms with van der Waals surface area (Å²) in [6.07, 6.45) is -0.228. The third-order valence-corrected chi connectivity index (χ3v) is 6.78. The maximum absolute atomic E-state index is 13.3. The molecule has 0 bridgehead atoms. The molecule has 3 rings (SSSR count). The Kier molecular flexibility index (Phi) is 5.83. The molecule has 2 aromatic carbocycles. The highest BCUT2D eigenvalue weighted by molar-refractivity contribution is 7.93. The van der Waals surface area contributed by atoms with E-state index in [0.29, 0.717) is 18.0 Å². The molecule has 1 atom stereocenters. The van der Waals surface area contributed by atoms with Gasteiger partial charge in [0.1, 0.15) is 10.6 Å². The van der Waals surface area contributed by atoms with E-state index in [-0.39, 0.29) is 27.4 Å². The Morgan fingerprint density at radius 3 is 2.52 bits per heavy atom. The topological polar surface area (TPSA) is 75.7 Å². The summed E-state index contributed by atoms with van der Waals surface area (Å²) in [5.41, 5.74) is 0.327. The van der Waals surface area contributed by atoms with Crippen LogP contribution in [0.3, 0.4) is 0 Å². The normalized spacial score (nSPS) is 16.4. The van der Waals surface area contributed by atoms with Gasteiger partial charge in [0.05, 0.1) is 22.3 Å². The van der Waals surface area contributed by atoms with Gasteiger partial charge < -0.3 is 10.1 Å². The average molecular weight is 429 g/mol. The molecule has 27 heavy (non-hydrogen) atoms. The van der Waals surface area contributed by atoms with E-state index in [0.717, 1.165) is 10.7 Å². The molecular weight excluding hydrogens is 411 g/mol. The summed E-state index contributed by atoms with van der Waals surface area (Å²) in [4.78, 5) is 12.2. The quantitative estimate of drug-likeness (QED) is 0.790. The fourth-order valence-corrected chi connectivity index (χ4v) is 5.34. The van der Waals surface area contributed by atoms with Gasteiger partial charge in [-0.05, 0) is 30.7 Å². The van der Waals surface area contributed by atoms with Crippen molar-refractivity contribution >= 4 is 44.8 Å². The molecule has 1 heterocycles. The smallest absolute Gasteiger partial charge is 0.267 e. The number of rotatable bonds is 5. The Labute approximate surface area is 168 Å². The molecule has 1 N–H and O–H groups in total. The molecule has 0 fully saturated rings. The number of sulfonamides is 1. The number of carbonyl (C=O) groups excluding carboxylic acids is 1. The lowest BCUT2D eigenvalue weighted by Gasteiger charge is -2.35. The molecule has 2 aromatic rings. The molecule has 0 radical (unpaired) electrons. The summed E-state index contributed by atoms with van der Waals surface area (Å²) in [5.74, 6) is -0.0797. The minimum atomic E-state index is -4.11. The van der Waals surface area contributed by atoms with Crippen LogP contribution in [-0.2, 0) is 14.8 Å². The van der Waals surface area contributed by atoms with Crippen LogP contribution in [0.2, 0.25) is 10.0 Å². The van der Waals surface area contributed by atoms with Gasteiger partial charge in [0.2, 0.25) is 0 Å². The molecule has 0 aromatic heterocycles. The zero-order chi connectivity index (χ0) is 19.6. The number of hydrogen-bond acceptors (Lipinski definition) is 4. The number of benzene rings is 2. The number of fused-ring (bicyclic) bond motifs is 1. The van der Waals surface area contributed by atoms with Gasteiger partial charge in [0, 0.05) is 6.54 Å². The summed E-state index contributed by atoms with van der Waals surface area (Å²) in [6.45, 7) is 2.22. The van der Waals surface area contributed by atoms with E-state index in [4.69, 9.17) is 27.9 Å². The Morgan fingerprint density at radius 1 is 1.19 bits per heavy atom. The molecule has 1 unspecified atom stereocenters. The van der Waals surface area contributed by atoms with E-state index >= 15 is 0 Å². The maximum atomic E-state index is 13.3. The summed E-state index contributed by atoms with van der Waals surface area (Å²) < 4.78 is 33.5. The number of halogens is 2. The first-order chi connectivity index (χ1) is 12.9. The lowest BCUT2D eigenvalue weighted by molar-refractivity contribution is -0.127. The second-order valence-corrected chi connectivity index (χ2v) is 8.57. The monoisotopic (exact) mass is 428 g/mol. The Bertz CT molecular complexity index is 945. The summed E-state index contributed by atoms with van der Waals surface area (Å²) >= 11 is 12.3. The van der Waals surface area contributed by atoms with Crippen LogP contribution in [0.4, 0.5) is 5.69 Å². The van der Waals surface area contributed by atoms with Crippen molar-refractivity contribution in [2.75, 3.05) is 17.4 Å². The third-order valence-electron chi connectivity index (χ3n) is 4.04. The summed E-state index contributed by atoms with van der Waals surface area (Å²) in [5, 5.41) is 2.75. The number of nitrogens with zero attached hydrogens (tertiary/aromatic N) is 1. The zero-order valence-corrected chi connectivity index (χ0v) is 16.8. The number of carbonyl (C=O) groups is 1. The molecule has 1 aliphatic rings. The predicted molar refractivity (Wildman–Crippen MR) is 105 cm³/mol. The molecule has 0 aliphatic carbocycles. The van der Waals surface area contributed by atoms with Crippen molar-refractivity contribution in [2.45, 2.75) is 24.3 Å². The lowest BCUT2D eigenvalue weighted by atomic mass is 10.2. The minimum absolute atomic E-state index is 0.0125. The highest BCUT2D eigenvalue weighted by Crippen LogP contribution is 2.39. The second kappa shape index (κ2) is 7.96. The zero-order valence-electron chi connectivity index (χ0n) is 14.5. The first kappa shape index (κ1) is 19.8. The van der Waals surface area contributed by atoms with Crippen LogP contribution in [-0.4, -0.2) is 33.5 Å². The van der Waals surface area contributed by atoms with Crippen molar-refractivity contribution in [2.24, 2.45) is 0 Å². The highest BCUT2D eigenvalue weighted by Gasteiger charge is 2.39. The predicted octanol–water partition coefficient (Wildman–Crippen LogP) is 3.48. The van der Waals surface area contributed by atoms with Crippen LogP contribution < -0.4 is 14.4 Å². The van der Waals surface area contributed by atoms with E-state index in [1.54, 1.807) is 30.3 Å². The number of anilines is 1. The van der Waals surface area contributed by atoms with Crippen LogP contribution in [0.5, 0.6) is 5.75 Å². The molecule has 6 nitrogen and oxygen atoms in total. The molecule has 0 spiro atoms. The van der Waals surface area contributed by atoms with Gasteiger partial charge in [-0.2, -0.15) is 0 Å². The van der Waals surface area contributed by atoms with Gasteiger partial charge >= 0.3 is 0 Å². The van der Waals surface area contributed by atoms with Crippen molar-refractivity contribution in [1.29, 1.82) is 0 Å². The van der Waals surface area contributed by atoms with Crippen LogP contribution in [0, 0.1) is 0 Å². The molecule has 9 heteroatoms. The van der Waals surface area contributed by atoms with Gasteiger partial charge in [-0.15, -0.1) is 0 Å². The number of amides is 1. The Hall–Kier alpha value is -1.96. The van der Waals surface area contributed by atoms with Crippen LogP contribution in [0.25, 0.3) is 0 Å². The minimum Gasteiger partial charge on any atom is -0.476 e. The summed E-state index contributed by atoms with van der Waals surface area (Å²) in [6, 6.07) is 11.1. The van der Waals surface area contributed by atoms with Gasteiger partial charge in [0.15, 0.2) is 6.10 Å². The first-order valence-electron chi connectivity index (χ1n) is 8.36. The number of para-hydroxylation sites is 2. The molecule has 1 amide bonds. The molecule has 0 saturated carbocycles. The Morgan fingerprint density at radius 2 is 1.85 bits per heavy atom. The largest absolute Gasteiger partial charge is 0.476 e. The highest BCUT2D eigenvalue weighted by atomic mass is 35.5. The van der Waals surface area contributed by atoms with Crippen LogP contribution in [0.15, 0.2) is 47.4 Å². The van der Waals surface area contributed by atoms with E-state index in [2.05, 4.69) is 5.32 Å². The van der Waals surface area contributed by atoms with E-state index in [1.807, 2.05) is 6.92 Å². The van der Waals surface area contributed by atoms with Gasteiger partial charge in [-0.1, -0.05) is 48.3 Å². The number of nitrogens with one attached hydrogen (secondary N) is 1. The third kappa shape index (κ3) is 3.85. The molecule has 1 aliphatic heterocycles. The van der Waals surface area contributed by atoms with Crippen molar-refractivity contribution in [3.05, 3.63) is 52.5 Å². The average Bonchev–Trinajstić information content (AvgIpc) is 2.64. The standard InChI is InChI=1S/C18H18Cl2N2O4S/c1-2-10-21-18(23)16-11-22(14-8-3-4-9-15(14)26-16)27(24,25)17-12(19)6-5-7-13(17)20/h3-9,16H,2,10-11H2,1H3,(H,21,23). The van der Waals surface area contributed by atoms with Crippen molar-refractivity contribution in [3.8, 4) is 5.75 Å². The van der Waals surface area contributed by atoms with Gasteiger partial charge in [-0.25, -0.2) is 8.42 Å². The fourth-order valence-electron chi connectivity index (χ4n) is 2.77. The van der Waals surface area contributed by atoms with E-state index < -0.39 is 16.1 Å². The molecule has 144 valence electrons. The first-order valence-corrected chi connectivity index (χ1v) is 10.6. The maximum Gasteiger partial charge on any atom is 0.267 e. The lowest BCUT2D eigenvalue weighted by Crippen LogP contribution is -2.50. The SMILES string of the molecule is CCCNC(=O)C1CN(S(=O)(=O)c2c(Cl)cccc2Cl)c2ccccc2O1. The van der Waals surface area contributed by atoms with E-state index in [1.165, 1.54) is 12.1 Å². The van der Waals surface area contributed by atoms with Crippen molar-refractivity contribution < 1.29 is 17.9 Å². The van der Waals surface area contributed by atoms with Crippen molar-refractivity contribution in [3.63, 3.8) is 0 Å². The van der Waals surface area contributed by atoms with Gasteiger partial charge in [0.25, 0.3) is 15.9 Å².